The van der Waals surface area contributed by atoms with Crippen LogP contribution < -0.4 is 0 Å². The van der Waals surface area contributed by atoms with Gasteiger partial charge in [-0.25, -0.2) is 8.42 Å². The van der Waals surface area contributed by atoms with Gasteiger partial charge in [-0.3, -0.25) is 0 Å². The third-order valence-corrected chi connectivity index (χ3v) is 5.80. The normalized spacial score (nSPS) is 15.4. The lowest BCUT2D eigenvalue weighted by Gasteiger charge is -2.31. The zero-order chi connectivity index (χ0) is 15.3. The van der Waals surface area contributed by atoms with Gasteiger partial charge in [0.2, 0.25) is 10.0 Å². The van der Waals surface area contributed by atoms with Crippen LogP contribution in [0, 0.1) is 17.8 Å². The third kappa shape index (κ3) is 3.85. The first-order chi connectivity index (χ1) is 10.1. The highest BCUT2D eigenvalue weighted by atomic mass is 32.2. The molecule has 1 saturated carbocycles. The zero-order valence-corrected chi connectivity index (χ0v) is 13.1. The molecular formula is C16H21NO3S. The van der Waals surface area contributed by atoms with Crippen molar-refractivity contribution in [2.24, 2.45) is 5.92 Å². The van der Waals surface area contributed by atoms with E-state index in [1.807, 2.05) is 6.92 Å². The summed E-state index contributed by atoms with van der Waals surface area (Å²) in [6.07, 6.45) is 3.46. The van der Waals surface area contributed by atoms with Crippen LogP contribution in [-0.2, 0) is 10.0 Å². The summed E-state index contributed by atoms with van der Waals surface area (Å²) in [6.45, 7) is 2.78. The zero-order valence-electron chi connectivity index (χ0n) is 12.2. The van der Waals surface area contributed by atoms with Crippen LogP contribution in [0.4, 0.5) is 0 Å². The summed E-state index contributed by atoms with van der Waals surface area (Å²) >= 11 is 0. The monoisotopic (exact) mass is 307 g/mol. The standard InChI is InChI=1S/C16H21NO3S/c1-2-17(13-15-5-3-6-15)21(19,20)16-10-8-14(9-11-16)7-4-12-18/h8-11,15,18H,2-3,5-6,12-13H2,1H3. The highest BCUT2D eigenvalue weighted by molar-refractivity contribution is 7.89. The van der Waals surface area contributed by atoms with Gasteiger partial charge in [-0.1, -0.05) is 25.2 Å². The topological polar surface area (TPSA) is 57.6 Å². The number of benzene rings is 1. The van der Waals surface area contributed by atoms with E-state index in [9.17, 15) is 8.42 Å². The predicted octanol–water partition coefficient (Wildman–Crippen LogP) is 1.84. The SMILES string of the molecule is CCN(CC1CCC1)S(=O)(=O)c1ccc(C#CCO)cc1. The van der Waals surface area contributed by atoms with Gasteiger partial charge in [0, 0.05) is 18.7 Å². The number of hydrogen-bond donors (Lipinski definition) is 1. The molecule has 5 heteroatoms. The van der Waals surface area contributed by atoms with Crippen LogP contribution in [0.15, 0.2) is 29.2 Å². The van der Waals surface area contributed by atoms with E-state index in [1.165, 1.54) is 6.42 Å². The molecule has 0 bridgehead atoms. The third-order valence-electron chi connectivity index (χ3n) is 3.84. The summed E-state index contributed by atoms with van der Waals surface area (Å²) < 4.78 is 26.8. The smallest absolute Gasteiger partial charge is 0.243 e. The van der Waals surface area contributed by atoms with E-state index in [0.717, 1.165) is 12.8 Å². The molecule has 1 aromatic rings. The van der Waals surface area contributed by atoms with Gasteiger partial charge < -0.3 is 5.11 Å². The molecule has 0 radical (unpaired) electrons. The summed E-state index contributed by atoms with van der Waals surface area (Å²) in [7, 11) is -3.42. The average Bonchev–Trinajstić information content (AvgIpc) is 2.44. The van der Waals surface area contributed by atoms with Gasteiger partial charge in [0.05, 0.1) is 4.90 Å². The van der Waals surface area contributed by atoms with Crippen LogP contribution in [-0.4, -0.2) is 37.5 Å². The number of nitrogens with zero attached hydrogens (tertiary/aromatic N) is 1. The van der Waals surface area contributed by atoms with Gasteiger partial charge in [0.1, 0.15) is 6.61 Å². The van der Waals surface area contributed by atoms with Crippen molar-refractivity contribution >= 4 is 10.0 Å². The lowest BCUT2D eigenvalue weighted by atomic mass is 9.85. The summed E-state index contributed by atoms with van der Waals surface area (Å²) in [5, 5.41) is 8.65. The van der Waals surface area contributed by atoms with Gasteiger partial charge in [-0.2, -0.15) is 4.31 Å². The Morgan fingerprint density at radius 2 is 1.95 bits per heavy atom. The number of hydrogen-bond acceptors (Lipinski definition) is 3. The van der Waals surface area contributed by atoms with Gasteiger partial charge >= 0.3 is 0 Å². The van der Waals surface area contributed by atoms with E-state index in [0.29, 0.717) is 29.5 Å². The molecule has 2 rings (SSSR count). The summed E-state index contributed by atoms with van der Waals surface area (Å²) in [4.78, 5) is 0.304. The molecule has 0 atom stereocenters. The Hall–Kier alpha value is -1.35. The van der Waals surface area contributed by atoms with Crippen LogP contribution >= 0.6 is 0 Å². The van der Waals surface area contributed by atoms with E-state index in [1.54, 1.807) is 28.6 Å². The van der Waals surface area contributed by atoms with E-state index in [4.69, 9.17) is 5.11 Å². The van der Waals surface area contributed by atoms with E-state index in [-0.39, 0.29) is 6.61 Å². The van der Waals surface area contributed by atoms with Crippen LogP contribution in [0.1, 0.15) is 31.7 Å². The van der Waals surface area contributed by atoms with Crippen LogP contribution in [0.5, 0.6) is 0 Å². The molecule has 1 N–H and O–H groups in total. The molecule has 1 aliphatic rings. The van der Waals surface area contributed by atoms with E-state index >= 15 is 0 Å². The number of aliphatic hydroxyl groups is 1. The summed E-state index contributed by atoms with van der Waals surface area (Å²) in [6, 6.07) is 6.51. The highest BCUT2D eigenvalue weighted by Gasteiger charge is 2.28. The molecule has 0 aliphatic heterocycles. The molecule has 0 unspecified atom stereocenters. The van der Waals surface area contributed by atoms with Crippen LogP contribution in [0.25, 0.3) is 0 Å². The van der Waals surface area contributed by atoms with Crippen molar-refractivity contribution in [3.05, 3.63) is 29.8 Å². The highest BCUT2D eigenvalue weighted by Crippen LogP contribution is 2.29. The fraction of sp³-hybridized carbons (Fsp3) is 0.500. The van der Waals surface area contributed by atoms with Gasteiger partial charge in [0.25, 0.3) is 0 Å². The minimum Gasteiger partial charge on any atom is -0.384 e. The minimum atomic E-state index is -3.42. The Morgan fingerprint density at radius 1 is 1.29 bits per heavy atom. The number of sulfonamides is 1. The fourth-order valence-electron chi connectivity index (χ4n) is 2.36. The molecule has 1 aliphatic carbocycles. The Kier molecular flexibility index (Phi) is 5.40. The Morgan fingerprint density at radius 3 is 2.43 bits per heavy atom. The van der Waals surface area contributed by atoms with Crippen molar-refractivity contribution in [2.45, 2.75) is 31.1 Å². The molecule has 1 aromatic carbocycles. The van der Waals surface area contributed by atoms with Crippen molar-refractivity contribution in [2.75, 3.05) is 19.7 Å². The second-order valence-corrected chi connectivity index (χ2v) is 7.17. The molecule has 4 nitrogen and oxygen atoms in total. The predicted molar refractivity (Wildman–Crippen MR) is 82.2 cm³/mol. The second kappa shape index (κ2) is 7.08. The Labute approximate surface area is 126 Å². The average molecular weight is 307 g/mol. The molecule has 0 spiro atoms. The van der Waals surface area contributed by atoms with Crippen molar-refractivity contribution < 1.29 is 13.5 Å². The van der Waals surface area contributed by atoms with Gasteiger partial charge in [-0.15, -0.1) is 0 Å². The first-order valence-corrected chi connectivity index (χ1v) is 8.72. The first kappa shape index (κ1) is 16.0. The first-order valence-electron chi connectivity index (χ1n) is 7.28. The molecule has 0 saturated heterocycles. The molecule has 21 heavy (non-hydrogen) atoms. The van der Waals surface area contributed by atoms with Crippen LogP contribution in [0.2, 0.25) is 0 Å². The van der Waals surface area contributed by atoms with Crippen molar-refractivity contribution in [1.29, 1.82) is 0 Å². The molecule has 0 aromatic heterocycles. The number of aliphatic hydroxyl groups excluding tert-OH is 1. The Balaban J connectivity index is 2.16. The lowest BCUT2D eigenvalue weighted by molar-refractivity contribution is 0.250. The van der Waals surface area contributed by atoms with Crippen molar-refractivity contribution in [3.8, 4) is 11.8 Å². The van der Waals surface area contributed by atoms with E-state index < -0.39 is 10.0 Å². The van der Waals surface area contributed by atoms with Crippen molar-refractivity contribution in [3.63, 3.8) is 0 Å². The Bertz CT molecular complexity index is 622. The fourth-order valence-corrected chi connectivity index (χ4v) is 3.89. The molecular weight excluding hydrogens is 286 g/mol. The largest absolute Gasteiger partial charge is 0.384 e. The maximum Gasteiger partial charge on any atom is 0.243 e. The summed E-state index contributed by atoms with van der Waals surface area (Å²) in [5.74, 6) is 5.81. The van der Waals surface area contributed by atoms with Gasteiger partial charge in [0.15, 0.2) is 0 Å². The van der Waals surface area contributed by atoms with Crippen LogP contribution in [0.3, 0.4) is 0 Å². The number of rotatable bonds is 5. The second-order valence-electron chi connectivity index (χ2n) is 5.24. The lowest BCUT2D eigenvalue weighted by Crippen LogP contribution is -2.37. The molecule has 1 fully saturated rings. The molecule has 114 valence electrons. The van der Waals surface area contributed by atoms with Gasteiger partial charge in [-0.05, 0) is 43.0 Å². The molecule has 0 amide bonds. The quantitative estimate of drug-likeness (QED) is 0.845. The minimum absolute atomic E-state index is 0.203. The molecule has 0 heterocycles. The maximum absolute atomic E-state index is 12.6. The maximum atomic E-state index is 12.6. The van der Waals surface area contributed by atoms with E-state index in [2.05, 4.69) is 11.8 Å². The van der Waals surface area contributed by atoms with Crippen molar-refractivity contribution in [1.82, 2.24) is 4.31 Å². The summed E-state index contributed by atoms with van der Waals surface area (Å²) in [5.41, 5.74) is 0.699.